The molecule has 0 fully saturated rings. The minimum Gasteiger partial charge on any atom is -0.319 e. The van der Waals surface area contributed by atoms with Gasteiger partial charge in [0.25, 0.3) is 0 Å². The van der Waals surface area contributed by atoms with Crippen LogP contribution in [-0.2, 0) is 4.57 Å². The van der Waals surface area contributed by atoms with E-state index in [0.29, 0.717) is 11.5 Å². The zero-order chi connectivity index (χ0) is 37.9. The van der Waals surface area contributed by atoms with Gasteiger partial charge in [0.15, 0.2) is 5.84 Å². The Kier molecular flexibility index (Phi) is 9.81. The Morgan fingerprint density at radius 3 is 1.49 bits per heavy atom. The molecule has 3 nitrogen and oxygen atoms in total. The molecule has 4 heteroatoms. The molecule has 8 aromatic carbocycles. The third-order valence-corrected chi connectivity index (χ3v) is 11.6. The van der Waals surface area contributed by atoms with Gasteiger partial charge in [0, 0.05) is 16.6 Å². The summed E-state index contributed by atoms with van der Waals surface area (Å²) in [5.41, 5.74) is 11.0. The summed E-state index contributed by atoms with van der Waals surface area (Å²) >= 11 is 0. The van der Waals surface area contributed by atoms with Crippen LogP contribution in [0.5, 0.6) is 0 Å². The van der Waals surface area contributed by atoms with Gasteiger partial charge in [0.1, 0.15) is 7.14 Å². The van der Waals surface area contributed by atoms with E-state index in [4.69, 9.17) is 9.98 Å². The second-order valence-corrected chi connectivity index (χ2v) is 17.4. The summed E-state index contributed by atoms with van der Waals surface area (Å²) in [7, 11) is -2.43. The minimum absolute atomic E-state index is 0.564. The number of nitrogens with zero attached hydrogens (tertiary/aromatic N) is 2. The molecule has 0 spiro atoms. The monoisotopic (exact) mass is 728 g/mol. The molecule has 0 aromatic heterocycles. The molecule has 55 heavy (non-hydrogen) atoms. The lowest BCUT2D eigenvalue weighted by atomic mass is 9.85. The van der Waals surface area contributed by atoms with Crippen molar-refractivity contribution in [3.05, 3.63) is 205 Å². The van der Waals surface area contributed by atoms with Gasteiger partial charge >= 0.3 is 0 Å². The maximum Gasteiger partial charge on any atom is 0.160 e. The number of fused-ring (bicyclic) bond motifs is 2. The smallest absolute Gasteiger partial charge is 0.160 e. The highest BCUT2D eigenvalue weighted by Crippen LogP contribution is 2.43. The van der Waals surface area contributed by atoms with Crippen LogP contribution >= 0.6 is 7.14 Å². The summed E-state index contributed by atoms with van der Waals surface area (Å²) in [4.78, 5) is 10.3. The highest BCUT2D eigenvalue weighted by molar-refractivity contribution is 7.70. The van der Waals surface area contributed by atoms with Crippen LogP contribution in [-0.4, -0.2) is 24.9 Å². The van der Waals surface area contributed by atoms with Crippen molar-refractivity contribution in [2.75, 3.05) is 13.3 Å². The van der Waals surface area contributed by atoms with Crippen molar-refractivity contribution in [2.24, 2.45) is 9.98 Å². The van der Waals surface area contributed by atoms with Gasteiger partial charge in [0.05, 0.1) is 5.70 Å². The van der Waals surface area contributed by atoms with E-state index in [1.54, 1.807) is 13.3 Å². The summed E-state index contributed by atoms with van der Waals surface area (Å²) in [6, 6.07) is 63.0. The second kappa shape index (κ2) is 15.1. The Balaban J connectivity index is 1.26. The van der Waals surface area contributed by atoms with Gasteiger partial charge in [-0.25, -0.2) is 9.98 Å². The number of aliphatic imine (C=N–C) groups is 2. The molecule has 0 atom stereocenters. The molecule has 0 heterocycles. The van der Waals surface area contributed by atoms with Crippen LogP contribution in [0, 0.1) is 0 Å². The van der Waals surface area contributed by atoms with E-state index < -0.39 is 7.14 Å². The molecule has 0 amide bonds. The predicted octanol–water partition coefficient (Wildman–Crippen LogP) is 13.2. The maximum atomic E-state index is 13.0. The van der Waals surface area contributed by atoms with Crippen LogP contribution in [0.3, 0.4) is 0 Å². The Labute approximate surface area is 323 Å². The van der Waals surface area contributed by atoms with Crippen molar-refractivity contribution in [3.8, 4) is 33.4 Å². The SMILES string of the molecule is C=C(N=C(N=C(C)c1cccc(-c2c3ccccc3c(-c3ccccc3)c3ccccc23)c1)c1cccc(-c2cccc(P(C)(C)=O)c2)c1)c1ccccc1. The second-order valence-electron chi connectivity index (χ2n) is 14.2. The van der Waals surface area contributed by atoms with Crippen LogP contribution in [0.1, 0.15) is 23.6 Å². The van der Waals surface area contributed by atoms with Gasteiger partial charge in [0.2, 0.25) is 0 Å². The Hall–Kier alpha value is -6.41. The number of hydrogen-bond acceptors (Lipinski definition) is 2. The third-order valence-electron chi connectivity index (χ3n) is 10.1. The largest absolute Gasteiger partial charge is 0.319 e. The molecule has 0 saturated carbocycles. The number of rotatable bonds is 8. The summed E-state index contributed by atoms with van der Waals surface area (Å²) in [5.74, 6) is 0.564. The molecule has 266 valence electrons. The average Bonchev–Trinajstić information content (AvgIpc) is 3.23. The molecule has 0 bridgehead atoms. The Morgan fingerprint density at radius 2 is 0.891 bits per heavy atom. The first-order valence-electron chi connectivity index (χ1n) is 18.5. The fraction of sp³-hybridized carbons (Fsp3) is 0.0588. The van der Waals surface area contributed by atoms with Crippen LogP contribution in [0.15, 0.2) is 199 Å². The van der Waals surface area contributed by atoms with Gasteiger partial charge in [-0.05, 0) is 105 Å². The molecule has 0 aliphatic rings. The quantitative estimate of drug-likeness (QED) is 0.0665. The highest BCUT2D eigenvalue weighted by atomic mass is 31.2. The summed E-state index contributed by atoms with van der Waals surface area (Å²) in [6.45, 7) is 10.00. The average molecular weight is 729 g/mol. The number of benzene rings is 8. The highest BCUT2D eigenvalue weighted by Gasteiger charge is 2.18. The van der Waals surface area contributed by atoms with E-state index in [1.807, 2.05) is 67.6 Å². The molecule has 0 radical (unpaired) electrons. The normalized spacial score (nSPS) is 12.3. The van der Waals surface area contributed by atoms with Crippen molar-refractivity contribution < 1.29 is 4.57 Å². The van der Waals surface area contributed by atoms with E-state index in [-0.39, 0.29) is 0 Å². The molecule has 8 rings (SSSR count). The van der Waals surface area contributed by atoms with Crippen molar-refractivity contribution in [1.82, 2.24) is 0 Å². The fourth-order valence-corrected chi connectivity index (χ4v) is 8.21. The lowest BCUT2D eigenvalue weighted by molar-refractivity contribution is 0.588. The van der Waals surface area contributed by atoms with Gasteiger partial charge in [-0.1, -0.05) is 170 Å². The van der Waals surface area contributed by atoms with Gasteiger partial charge in [-0.15, -0.1) is 0 Å². The van der Waals surface area contributed by atoms with E-state index in [9.17, 15) is 4.57 Å². The van der Waals surface area contributed by atoms with E-state index in [0.717, 1.165) is 44.4 Å². The lowest BCUT2D eigenvalue weighted by Gasteiger charge is -2.18. The van der Waals surface area contributed by atoms with Crippen molar-refractivity contribution in [3.63, 3.8) is 0 Å². The van der Waals surface area contributed by atoms with Crippen molar-refractivity contribution >= 4 is 51.2 Å². The first-order valence-corrected chi connectivity index (χ1v) is 21.1. The van der Waals surface area contributed by atoms with Gasteiger partial charge < -0.3 is 4.57 Å². The van der Waals surface area contributed by atoms with Crippen LogP contribution in [0.25, 0.3) is 60.6 Å². The van der Waals surface area contributed by atoms with Crippen molar-refractivity contribution in [2.45, 2.75) is 6.92 Å². The zero-order valence-corrected chi connectivity index (χ0v) is 32.2. The van der Waals surface area contributed by atoms with Crippen LogP contribution in [0.4, 0.5) is 0 Å². The molecule has 0 saturated heterocycles. The number of amidine groups is 1. The van der Waals surface area contributed by atoms with Crippen molar-refractivity contribution in [1.29, 1.82) is 0 Å². The lowest BCUT2D eigenvalue weighted by Crippen LogP contribution is -2.05. The molecular weight excluding hydrogens is 688 g/mol. The third kappa shape index (κ3) is 7.40. The first kappa shape index (κ1) is 35.6. The molecule has 0 aliphatic heterocycles. The summed E-state index contributed by atoms with van der Waals surface area (Å²) < 4.78 is 13.0. The maximum absolute atomic E-state index is 13.0. The van der Waals surface area contributed by atoms with Crippen LogP contribution in [0.2, 0.25) is 0 Å². The van der Waals surface area contributed by atoms with E-state index in [1.165, 1.54) is 38.2 Å². The zero-order valence-electron chi connectivity index (χ0n) is 31.3. The number of hydrogen-bond donors (Lipinski definition) is 0. The molecule has 0 unspecified atom stereocenters. The molecule has 8 aromatic rings. The molecule has 0 aliphatic carbocycles. The molecule has 0 N–H and O–H groups in total. The van der Waals surface area contributed by atoms with E-state index >= 15 is 0 Å². The van der Waals surface area contributed by atoms with Gasteiger partial charge in [-0.2, -0.15) is 0 Å². The fourth-order valence-electron chi connectivity index (χ4n) is 7.31. The standard InChI is InChI=1S/C51H41N2OP/c1-35(37-18-7-5-8-19-37)52-51(43-26-16-23-40(33-43)41-24-17-27-44(34-41)55(3,4)54)53-36(2)39-22-15-25-42(32-39)50-47-30-13-11-28-45(47)49(38-20-9-6-10-21-38)46-29-12-14-31-48(46)50/h5-34H,1H2,2-4H3. The predicted molar refractivity (Wildman–Crippen MR) is 238 cm³/mol. The minimum atomic E-state index is -2.43. The summed E-state index contributed by atoms with van der Waals surface area (Å²) in [6.07, 6.45) is 0. The van der Waals surface area contributed by atoms with Gasteiger partial charge in [-0.3, -0.25) is 0 Å². The van der Waals surface area contributed by atoms with E-state index in [2.05, 4.69) is 128 Å². The molecular formula is C51H41N2OP. The van der Waals surface area contributed by atoms with Crippen LogP contribution < -0.4 is 5.30 Å². The Bertz CT molecular complexity index is 2770. The topological polar surface area (TPSA) is 41.8 Å². The summed E-state index contributed by atoms with van der Waals surface area (Å²) in [5, 5.41) is 5.70. The first-order chi connectivity index (χ1) is 26.7. The Morgan fingerprint density at radius 1 is 0.455 bits per heavy atom.